The van der Waals surface area contributed by atoms with Crippen LogP contribution in [-0.2, 0) is 19.1 Å². The topological polar surface area (TPSA) is 72.8 Å². The molecule has 0 radical (unpaired) electrons. The second-order valence-corrected chi connectivity index (χ2v) is 18.5. The highest BCUT2D eigenvalue weighted by atomic mass is 16.6. The summed E-state index contributed by atoms with van der Waals surface area (Å²) in [5.74, 6) is -1.52. The van der Waals surface area contributed by atoms with Gasteiger partial charge in [0, 0.05) is 5.92 Å². The average Bonchev–Trinajstić information content (AvgIpc) is 3.24. The maximum Gasteiger partial charge on any atom is 0.348 e. The van der Waals surface area contributed by atoms with Crippen molar-refractivity contribution in [2.45, 2.75) is 291 Å². The third kappa shape index (κ3) is 37.8. The zero-order valence-electron chi connectivity index (χ0n) is 40.9. The van der Waals surface area contributed by atoms with Crippen LogP contribution in [0.1, 0.15) is 273 Å². The number of aliphatic hydroxyl groups excluding tert-OH is 1. The van der Waals surface area contributed by atoms with Crippen LogP contribution in [0, 0.1) is 11.8 Å². The van der Waals surface area contributed by atoms with E-state index in [-0.39, 0.29) is 17.9 Å². The van der Waals surface area contributed by atoms with E-state index >= 15 is 0 Å². The molecule has 60 heavy (non-hydrogen) atoms. The molecule has 0 fully saturated rings. The van der Waals surface area contributed by atoms with Gasteiger partial charge in [0.05, 0.1) is 6.10 Å². The number of aliphatic hydroxyl groups is 1. The van der Waals surface area contributed by atoms with Gasteiger partial charge in [-0.15, -0.1) is 0 Å². The van der Waals surface area contributed by atoms with Gasteiger partial charge in [0.25, 0.3) is 0 Å². The predicted molar refractivity (Wildman–Crippen MR) is 260 cm³/mol. The van der Waals surface area contributed by atoms with Gasteiger partial charge >= 0.3 is 11.9 Å². The molecule has 0 bridgehead atoms. The largest absolute Gasteiger partial charge is 0.460 e. The van der Waals surface area contributed by atoms with Crippen LogP contribution < -0.4 is 0 Å². The molecule has 0 aliphatic rings. The predicted octanol–water partition coefficient (Wildman–Crippen LogP) is 17.2. The summed E-state index contributed by atoms with van der Waals surface area (Å²) in [6.45, 7) is 12.6. The number of unbranched alkanes of at least 4 members (excludes halogenated alkanes) is 27. The van der Waals surface area contributed by atoms with Gasteiger partial charge in [-0.2, -0.15) is 0 Å². The smallest absolute Gasteiger partial charge is 0.348 e. The lowest BCUT2D eigenvalue weighted by atomic mass is 9.95. The van der Waals surface area contributed by atoms with E-state index in [0.29, 0.717) is 0 Å². The molecule has 0 saturated heterocycles. The van der Waals surface area contributed by atoms with Gasteiger partial charge in [0.15, 0.2) is 6.10 Å². The highest BCUT2D eigenvalue weighted by Crippen LogP contribution is 2.23. The quantitative estimate of drug-likeness (QED) is 0.0376. The number of carbonyl (C=O) groups excluding carboxylic acids is 2. The van der Waals surface area contributed by atoms with E-state index < -0.39 is 24.1 Å². The van der Waals surface area contributed by atoms with E-state index in [9.17, 15) is 14.7 Å². The molecule has 0 aromatic rings. The Bertz CT molecular complexity index is 1020. The van der Waals surface area contributed by atoms with Crippen molar-refractivity contribution >= 4 is 11.9 Å². The molecule has 0 amide bonds. The van der Waals surface area contributed by atoms with E-state index in [1.165, 1.54) is 173 Å². The molecule has 0 heterocycles. The summed E-state index contributed by atoms with van der Waals surface area (Å²) in [4.78, 5) is 26.9. The first-order valence-electron chi connectivity index (χ1n) is 26.3. The monoisotopic (exact) mass is 843 g/mol. The highest BCUT2D eigenvalue weighted by Gasteiger charge is 2.34. The van der Waals surface area contributed by atoms with Gasteiger partial charge in [-0.3, -0.25) is 0 Å². The minimum absolute atomic E-state index is 0.167. The number of hydrogen-bond acceptors (Lipinski definition) is 5. The van der Waals surface area contributed by atoms with Crippen LogP contribution in [0.5, 0.6) is 0 Å². The summed E-state index contributed by atoms with van der Waals surface area (Å²) in [6, 6.07) is 0. The first kappa shape index (κ1) is 58.1. The van der Waals surface area contributed by atoms with Crippen molar-refractivity contribution in [1.29, 1.82) is 0 Å². The van der Waals surface area contributed by atoms with Gasteiger partial charge < -0.3 is 14.6 Å². The molecule has 0 aliphatic carbocycles. The van der Waals surface area contributed by atoms with Crippen LogP contribution >= 0.6 is 0 Å². The molecule has 0 rings (SSSR count). The van der Waals surface area contributed by atoms with Crippen molar-refractivity contribution in [2.24, 2.45) is 11.8 Å². The molecule has 0 aromatic heterocycles. The lowest BCUT2D eigenvalue weighted by molar-refractivity contribution is -0.181. The minimum atomic E-state index is -1.23. The molecular formula is C55H102O5. The first-order chi connectivity index (χ1) is 29.3. The maximum absolute atomic E-state index is 13.6. The third-order valence-corrected chi connectivity index (χ3v) is 12.3. The second-order valence-electron chi connectivity index (χ2n) is 18.5. The number of ether oxygens (including phenoxy) is 2. The zero-order chi connectivity index (χ0) is 44.2. The molecule has 5 nitrogen and oxygen atoms in total. The molecule has 5 atom stereocenters. The molecule has 0 spiro atoms. The van der Waals surface area contributed by atoms with Crippen LogP contribution in [0.25, 0.3) is 0 Å². The fourth-order valence-corrected chi connectivity index (χ4v) is 7.93. The maximum atomic E-state index is 13.6. The van der Waals surface area contributed by atoms with Gasteiger partial charge in [-0.05, 0) is 96.3 Å². The van der Waals surface area contributed by atoms with Crippen molar-refractivity contribution in [3.8, 4) is 0 Å². The van der Waals surface area contributed by atoms with Crippen LogP contribution in [-0.4, -0.2) is 35.4 Å². The van der Waals surface area contributed by atoms with Crippen LogP contribution in [0.15, 0.2) is 36.5 Å². The lowest BCUT2D eigenvalue weighted by Crippen LogP contribution is -2.40. The summed E-state index contributed by atoms with van der Waals surface area (Å²) in [5.41, 5.74) is 0. The van der Waals surface area contributed by atoms with Gasteiger partial charge in [0.2, 0.25) is 6.10 Å². The standard InChI is InChI=1S/C55H102O5/c1-7-10-13-16-19-22-25-28-31-34-37-40-43-46-49(4)52(56)54(57)60-53(50(5)47-44-41-38-35-32-29-26-23-20-17-14-11-8-2)55(58)59-51(6)48-45-42-39-36-33-30-27-24-21-18-15-12-9-3/h16-21,49-53,56H,7-15,22-48H2,1-6H3/t49?,50?,51-,52?,53?/m1/s1. The molecule has 352 valence electrons. The zero-order valence-corrected chi connectivity index (χ0v) is 40.9. The van der Waals surface area contributed by atoms with Crippen molar-refractivity contribution in [1.82, 2.24) is 0 Å². The molecular weight excluding hydrogens is 741 g/mol. The minimum Gasteiger partial charge on any atom is -0.460 e. The van der Waals surface area contributed by atoms with Crippen molar-refractivity contribution in [2.75, 3.05) is 0 Å². The van der Waals surface area contributed by atoms with E-state index in [1.54, 1.807) is 0 Å². The Morgan fingerprint density at radius 2 is 0.683 bits per heavy atom. The summed E-state index contributed by atoms with van der Waals surface area (Å²) in [5, 5.41) is 11.0. The number of carbonyl (C=O) groups is 2. The highest BCUT2D eigenvalue weighted by molar-refractivity contribution is 5.81. The average molecular weight is 843 g/mol. The Morgan fingerprint density at radius 3 is 1.05 bits per heavy atom. The van der Waals surface area contributed by atoms with Crippen molar-refractivity contribution < 1.29 is 24.2 Å². The van der Waals surface area contributed by atoms with Crippen LogP contribution in [0.3, 0.4) is 0 Å². The Hall–Kier alpha value is -1.88. The summed E-state index contributed by atoms with van der Waals surface area (Å²) in [6.07, 6.45) is 54.1. The molecule has 5 heteroatoms. The number of allylic oxidation sites excluding steroid dienone is 6. The van der Waals surface area contributed by atoms with Gasteiger partial charge in [-0.1, -0.05) is 219 Å². The molecule has 0 saturated carbocycles. The SMILES string of the molecule is CCCCC=CCCCCCCCCCC(C)C(O)C(=O)OC(C(=O)O[C@H](C)CCCCCCCCCC=CCCCC)C(C)CCCCCCCCCC=CCCCC. The number of esters is 2. The lowest BCUT2D eigenvalue weighted by Gasteiger charge is -2.26. The van der Waals surface area contributed by atoms with Crippen LogP contribution in [0.2, 0.25) is 0 Å². The fraction of sp³-hybridized carbons (Fsp3) is 0.855. The normalized spacial score (nSPS) is 14.6. The Labute approximate surface area is 374 Å². The second kappa shape index (κ2) is 45.2. The first-order valence-corrected chi connectivity index (χ1v) is 26.3. The van der Waals surface area contributed by atoms with Crippen molar-refractivity contribution in [3.05, 3.63) is 36.5 Å². The van der Waals surface area contributed by atoms with Gasteiger partial charge in [0.1, 0.15) is 0 Å². The molecule has 0 aromatic carbocycles. The third-order valence-electron chi connectivity index (χ3n) is 12.3. The van der Waals surface area contributed by atoms with E-state index in [2.05, 4.69) is 57.2 Å². The van der Waals surface area contributed by atoms with E-state index in [1.807, 2.05) is 20.8 Å². The Balaban J connectivity index is 4.75. The summed E-state index contributed by atoms with van der Waals surface area (Å²) < 4.78 is 11.8. The van der Waals surface area contributed by atoms with E-state index in [0.717, 1.165) is 57.8 Å². The molecule has 0 aliphatic heterocycles. The summed E-state index contributed by atoms with van der Waals surface area (Å²) in [7, 11) is 0. The van der Waals surface area contributed by atoms with Crippen LogP contribution in [0.4, 0.5) is 0 Å². The fourth-order valence-electron chi connectivity index (χ4n) is 7.93. The van der Waals surface area contributed by atoms with Gasteiger partial charge in [-0.25, -0.2) is 9.59 Å². The van der Waals surface area contributed by atoms with E-state index in [4.69, 9.17) is 9.47 Å². The molecule has 4 unspecified atom stereocenters. The number of rotatable bonds is 45. The number of hydrogen-bond donors (Lipinski definition) is 1. The van der Waals surface area contributed by atoms with Crippen molar-refractivity contribution in [3.63, 3.8) is 0 Å². The Morgan fingerprint density at radius 1 is 0.383 bits per heavy atom. The Kier molecular flexibility index (Phi) is 43.7. The molecule has 1 N–H and O–H groups in total. The summed E-state index contributed by atoms with van der Waals surface area (Å²) >= 11 is 0.